The van der Waals surface area contributed by atoms with Crippen molar-refractivity contribution in [2.24, 2.45) is 0 Å². The first kappa shape index (κ1) is 14.6. The van der Waals surface area contributed by atoms with Crippen LogP contribution in [0.15, 0.2) is 64.6 Å². The first-order valence-corrected chi connectivity index (χ1v) is 8.01. The molecule has 1 aromatic carbocycles. The van der Waals surface area contributed by atoms with Gasteiger partial charge in [0.1, 0.15) is 5.76 Å². The molecule has 2 aromatic heterocycles. The van der Waals surface area contributed by atoms with Gasteiger partial charge in [-0.1, -0.05) is 23.8 Å². The van der Waals surface area contributed by atoms with Crippen LogP contribution in [-0.2, 0) is 13.1 Å². The Morgan fingerprint density at radius 3 is 2.55 bits per heavy atom. The molecule has 0 N–H and O–H groups in total. The van der Waals surface area contributed by atoms with Crippen LogP contribution in [0.5, 0.6) is 0 Å². The number of benzene rings is 1. The highest BCUT2D eigenvalue weighted by molar-refractivity contribution is 7.09. The van der Waals surface area contributed by atoms with Gasteiger partial charge in [-0.25, -0.2) is 0 Å². The van der Waals surface area contributed by atoms with Crippen molar-refractivity contribution < 1.29 is 9.21 Å². The number of thiophene rings is 1. The van der Waals surface area contributed by atoms with E-state index in [1.807, 2.05) is 65.7 Å². The summed E-state index contributed by atoms with van der Waals surface area (Å²) in [5.41, 5.74) is 1.85. The fourth-order valence-corrected chi connectivity index (χ4v) is 2.98. The van der Waals surface area contributed by atoms with Crippen molar-refractivity contribution in [3.05, 3.63) is 81.9 Å². The lowest BCUT2D eigenvalue weighted by Gasteiger charge is -2.21. The van der Waals surface area contributed by atoms with Gasteiger partial charge in [0.25, 0.3) is 5.91 Å². The first-order valence-electron chi connectivity index (χ1n) is 7.13. The van der Waals surface area contributed by atoms with Gasteiger partial charge in [0, 0.05) is 10.4 Å². The average molecular weight is 311 g/mol. The van der Waals surface area contributed by atoms with Crippen molar-refractivity contribution in [3.63, 3.8) is 0 Å². The summed E-state index contributed by atoms with van der Waals surface area (Å²) in [5, 5.41) is 2.02. The molecule has 0 saturated heterocycles. The number of carbonyl (C=O) groups is 1. The standard InChI is InChI=1S/C18H17NO2S/c1-14-6-8-15(9-7-14)18(20)19(12-16-4-2-10-21-16)13-17-5-3-11-22-17/h2-11H,12-13H2,1H3. The summed E-state index contributed by atoms with van der Waals surface area (Å²) in [6, 6.07) is 15.5. The fourth-order valence-electron chi connectivity index (χ4n) is 2.26. The molecule has 22 heavy (non-hydrogen) atoms. The van der Waals surface area contributed by atoms with Crippen molar-refractivity contribution in [3.8, 4) is 0 Å². The van der Waals surface area contributed by atoms with Gasteiger partial charge < -0.3 is 9.32 Å². The number of furan rings is 1. The van der Waals surface area contributed by atoms with E-state index in [1.165, 1.54) is 0 Å². The van der Waals surface area contributed by atoms with Crippen molar-refractivity contribution in [2.75, 3.05) is 0 Å². The van der Waals surface area contributed by atoms with Gasteiger partial charge in [0.05, 0.1) is 19.4 Å². The van der Waals surface area contributed by atoms with Gasteiger partial charge in [-0.05, 0) is 42.6 Å². The highest BCUT2D eigenvalue weighted by Crippen LogP contribution is 2.17. The van der Waals surface area contributed by atoms with Gasteiger partial charge in [0.2, 0.25) is 0 Å². The lowest BCUT2D eigenvalue weighted by molar-refractivity contribution is 0.0719. The molecule has 0 aliphatic rings. The Bertz CT molecular complexity index is 679. The number of aryl methyl sites for hydroxylation is 1. The molecule has 112 valence electrons. The summed E-state index contributed by atoms with van der Waals surface area (Å²) in [5.74, 6) is 0.807. The molecule has 0 radical (unpaired) electrons. The second-order valence-corrected chi connectivity index (χ2v) is 6.22. The number of hydrogen-bond donors (Lipinski definition) is 0. The lowest BCUT2D eigenvalue weighted by Crippen LogP contribution is -2.29. The molecule has 3 rings (SSSR count). The molecule has 3 nitrogen and oxygen atoms in total. The predicted octanol–water partition coefficient (Wildman–Crippen LogP) is 4.49. The third-order valence-corrected chi connectivity index (χ3v) is 4.30. The molecule has 0 aliphatic carbocycles. The molecule has 2 heterocycles. The van der Waals surface area contributed by atoms with E-state index < -0.39 is 0 Å². The van der Waals surface area contributed by atoms with Crippen LogP contribution in [0.3, 0.4) is 0 Å². The Kier molecular flexibility index (Phi) is 4.39. The molecular formula is C18H17NO2S. The van der Waals surface area contributed by atoms with Crippen LogP contribution in [0, 0.1) is 6.92 Å². The molecule has 3 aromatic rings. The normalized spacial score (nSPS) is 10.6. The fraction of sp³-hybridized carbons (Fsp3) is 0.167. The van der Waals surface area contributed by atoms with E-state index in [0.717, 1.165) is 16.2 Å². The highest BCUT2D eigenvalue weighted by Gasteiger charge is 2.18. The van der Waals surface area contributed by atoms with Gasteiger partial charge >= 0.3 is 0 Å². The zero-order chi connectivity index (χ0) is 15.4. The Labute approximate surface area is 133 Å². The predicted molar refractivity (Wildman–Crippen MR) is 87.8 cm³/mol. The SMILES string of the molecule is Cc1ccc(C(=O)N(Cc2ccco2)Cc2cccs2)cc1. The molecule has 0 saturated carbocycles. The Morgan fingerprint density at radius 1 is 1.09 bits per heavy atom. The number of carbonyl (C=O) groups excluding carboxylic acids is 1. The number of nitrogens with zero attached hydrogens (tertiary/aromatic N) is 1. The van der Waals surface area contributed by atoms with Crippen LogP contribution in [-0.4, -0.2) is 10.8 Å². The van der Waals surface area contributed by atoms with E-state index in [-0.39, 0.29) is 5.91 Å². The maximum atomic E-state index is 12.8. The van der Waals surface area contributed by atoms with Crippen molar-refractivity contribution >= 4 is 17.2 Å². The second kappa shape index (κ2) is 6.62. The molecule has 0 atom stereocenters. The van der Waals surface area contributed by atoms with E-state index in [2.05, 4.69) is 0 Å². The number of hydrogen-bond acceptors (Lipinski definition) is 3. The second-order valence-electron chi connectivity index (χ2n) is 5.19. The van der Waals surface area contributed by atoms with Gasteiger partial charge in [-0.2, -0.15) is 0 Å². The average Bonchev–Trinajstić information content (AvgIpc) is 3.20. The Morgan fingerprint density at radius 2 is 1.91 bits per heavy atom. The van der Waals surface area contributed by atoms with Crippen LogP contribution in [0.4, 0.5) is 0 Å². The largest absolute Gasteiger partial charge is 0.467 e. The van der Waals surface area contributed by atoms with Gasteiger partial charge in [-0.3, -0.25) is 4.79 Å². The zero-order valence-electron chi connectivity index (χ0n) is 12.4. The van der Waals surface area contributed by atoms with E-state index in [1.54, 1.807) is 17.6 Å². The molecule has 1 amide bonds. The van der Waals surface area contributed by atoms with Crippen molar-refractivity contribution in [2.45, 2.75) is 20.0 Å². The minimum absolute atomic E-state index is 0.0183. The van der Waals surface area contributed by atoms with E-state index in [9.17, 15) is 4.79 Å². The summed E-state index contributed by atoms with van der Waals surface area (Å²) in [4.78, 5) is 15.8. The van der Waals surface area contributed by atoms with Crippen molar-refractivity contribution in [1.29, 1.82) is 0 Å². The summed E-state index contributed by atoms with van der Waals surface area (Å²) < 4.78 is 5.40. The summed E-state index contributed by atoms with van der Waals surface area (Å²) in [6.07, 6.45) is 1.63. The van der Waals surface area contributed by atoms with Crippen LogP contribution in [0.2, 0.25) is 0 Å². The zero-order valence-corrected chi connectivity index (χ0v) is 13.2. The molecule has 0 fully saturated rings. The summed E-state index contributed by atoms with van der Waals surface area (Å²) in [7, 11) is 0. The summed E-state index contributed by atoms with van der Waals surface area (Å²) >= 11 is 1.65. The minimum Gasteiger partial charge on any atom is -0.467 e. The van der Waals surface area contributed by atoms with Crippen LogP contribution < -0.4 is 0 Å². The highest BCUT2D eigenvalue weighted by atomic mass is 32.1. The van der Waals surface area contributed by atoms with E-state index in [4.69, 9.17) is 4.42 Å². The Balaban J connectivity index is 1.83. The number of rotatable bonds is 5. The quantitative estimate of drug-likeness (QED) is 0.695. The minimum atomic E-state index is 0.0183. The Hall–Kier alpha value is -2.33. The molecule has 4 heteroatoms. The lowest BCUT2D eigenvalue weighted by atomic mass is 10.1. The first-order chi connectivity index (χ1) is 10.7. The van der Waals surface area contributed by atoms with Crippen LogP contribution in [0.1, 0.15) is 26.6 Å². The van der Waals surface area contributed by atoms with Crippen LogP contribution in [0.25, 0.3) is 0 Å². The number of amides is 1. The molecule has 0 spiro atoms. The topological polar surface area (TPSA) is 33.5 Å². The molecule has 0 bridgehead atoms. The molecule has 0 unspecified atom stereocenters. The van der Waals surface area contributed by atoms with E-state index in [0.29, 0.717) is 18.7 Å². The summed E-state index contributed by atoms with van der Waals surface area (Å²) in [6.45, 7) is 3.07. The van der Waals surface area contributed by atoms with Crippen LogP contribution >= 0.6 is 11.3 Å². The van der Waals surface area contributed by atoms with E-state index >= 15 is 0 Å². The maximum absolute atomic E-state index is 12.8. The van der Waals surface area contributed by atoms with Gasteiger partial charge in [0.15, 0.2) is 0 Å². The van der Waals surface area contributed by atoms with Crippen molar-refractivity contribution in [1.82, 2.24) is 4.90 Å². The van der Waals surface area contributed by atoms with Gasteiger partial charge in [-0.15, -0.1) is 11.3 Å². The molecular weight excluding hydrogens is 294 g/mol. The smallest absolute Gasteiger partial charge is 0.254 e. The third-order valence-electron chi connectivity index (χ3n) is 3.44. The monoisotopic (exact) mass is 311 g/mol. The third kappa shape index (κ3) is 3.46. The molecule has 0 aliphatic heterocycles. The maximum Gasteiger partial charge on any atom is 0.254 e.